The molecule has 1 aromatic rings. The Morgan fingerprint density at radius 2 is 2.00 bits per heavy atom. The maximum atomic E-state index is 12.0. The van der Waals surface area contributed by atoms with Crippen molar-refractivity contribution in [2.24, 2.45) is 0 Å². The maximum Gasteiger partial charge on any atom is 0.326 e. The lowest BCUT2D eigenvalue weighted by molar-refractivity contribution is -0.146. The van der Waals surface area contributed by atoms with Gasteiger partial charge in [-0.25, -0.2) is 4.79 Å². The average molecular weight is 324 g/mol. The smallest absolute Gasteiger partial charge is 0.326 e. The second kappa shape index (κ2) is 6.02. The van der Waals surface area contributed by atoms with E-state index < -0.39 is 12.0 Å². The molecule has 1 heterocycles. The molecule has 1 saturated heterocycles. The molecule has 0 radical (unpaired) electrons. The number of carbonyl (C=O) groups is 2. The summed E-state index contributed by atoms with van der Waals surface area (Å²) in [6.45, 7) is 0.514. The highest BCUT2D eigenvalue weighted by Crippen LogP contribution is 2.18. The fourth-order valence-corrected chi connectivity index (χ4v) is 2.39. The summed E-state index contributed by atoms with van der Waals surface area (Å²) >= 11 is 3.34. The number of halogens is 1. The van der Waals surface area contributed by atoms with E-state index in [0.29, 0.717) is 13.0 Å². The normalized spacial score (nSPS) is 19.0. The second-order valence-corrected chi connectivity index (χ2v) is 5.33. The number of hydrogen-bond acceptors (Lipinski definition) is 2. The molecule has 1 aromatic carbocycles. The average Bonchev–Trinajstić information content (AvgIpc) is 2.87. The van der Waals surface area contributed by atoms with E-state index in [0.717, 1.165) is 16.5 Å². The minimum absolute atomic E-state index is 0.243. The van der Waals surface area contributed by atoms with Crippen LogP contribution in [0, 0.1) is 0 Å². The molecule has 1 amide bonds. The lowest BCUT2D eigenvalue weighted by Gasteiger charge is -2.19. The number of carboxylic acids is 1. The van der Waals surface area contributed by atoms with Crippen LogP contribution in [-0.2, 0) is 9.59 Å². The van der Waals surface area contributed by atoms with Crippen molar-refractivity contribution < 1.29 is 14.7 Å². The first-order valence-electron chi connectivity index (χ1n) is 6.05. The van der Waals surface area contributed by atoms with Gasteiger partial charge >= 0.3 is 5.97 Å². The predicted molar refractivity (Wildman–Crippen MR) is 75.5 cm³/mol. The van der Waals surface area contributed by atoms with Gasteiger partial charge in [-0.1, -0.05) is 28.1 Å². The van der Waals surface area contributed by atoms with Crippen LogP contribution in [0.25, 0.3) is 6.08 Å². The first kappa shape index (κ1) is 13.8. The molecule has 0 aliphatic carbocycles. The molecule has 2 rings (SSSR count). The molecule has 1 atom stereocenters. The summed E-state index contributed by atoms with van der Waals surface area (Å²) in [5, 5.41) is 9.03. The van der Waals surface area contributed by atoms with Crippen molar-refractivity contribution in [1.29, 1.82) is 0 Å². The quantitative estimate of drug-likeness (QED) is 0.870. The van der Waals surface area contributed by atoms with Gasteiger partial charge < -0.3 is 10.0 Å². The summed E-state index contributed by atoms with van der Waals surface area (Å²) in [7, 11) is 0. The number of rotatable bonds is 3. The van der Waals surface area contributed by atoms with Crippen molar-refractivity contribution >= 4 is 33.9 Å². The highest BCUT2D eigenvalue weighted by molar-refractivity contribution is 9.10. The second-order valence-electron chi connectivity index (χ2n) is 4.41. The van der Waals surface area contributed by atoms with E-state index in [9.17, 15) is 9.59 Å². The zero-order valence-corrected chi connectivity index (χ0v) is 11.8. The molecule has 19 heavy (non-hydrogen) atoms. The number of carbonyl (C=O) groups excluding carboxylic acids is 1. The number of likely N-dealkylation sites (tertiary alicyclic amines) is 1. The van der Waals surface area contributed by atoms with Crippen LogP contribution < -0.4 is 0 Å². The van der Waals surface area contributed by atoms with Crippen LogP contribution in [0.2, 0.25) is 0 Å². The molecule has 100 valence electrons. The molecule has 0 unspecified atom stereocenters. The Labute approximate surface area is 119 Å². The number of carboxylic acid groups (broad SMARTS) is 1. The van der Waals surface area contributed by atoms with E-state index in [1.54, 1.807) is 6.08 Å². The minimum atomic E-state index is -0.928. The number of nitrogens with zero attached hydrogens (tertiary/aromatic N) is 1. The van der Waals surface area contributed by atoms with Crippen molar-refractivity contribution in [2.75, 3.05) is 6.54 Å². The third-order valence-corrected chi connectivity index (χ3v) is 3.64. The van der Waals surface area contributed by atoms with Crippen LogP contribution in [0.15, 0.2) is 34.8 Å². The lowest BCUT2D eigenvalue weighted by Crippen LogP contribution is -2.39. The molecule has 0 bridgehead atoms. The van der Waals surface area contributed by atoms with Crippen LogP contribution in [0.3, 0.4) is 0 Å². The zero-order valence-electron chi connectivity index (χ0n) is 10.3. The fraction of sp³-hybridized carbons (Fsp3) is 0.286. The van der Waals surface area contributed by atoms with E-state index >= 15 is 0 Å². The van der Waals surface area contributed by atoms with Gasteiger partial charge in [0.15, 0.2) is 0 Å². The Hall–Kier alpha value is -1.62. The predicted octanol–water partition coefficient (Wildman–Crippen LogP) is 2.54. The summed E-state index contributed by atoms with van der Waals surface area (Å²) in [6, 6.07) is 6.86. The summed E-state index contributed by atoms with van der Waals surface area (Å²) < 4.78 is 0.974. The zero-order chi connectivity index (χ0) is 13.8. The molecule has 0 saturated carbocycles. The summed E-state index contributed by atoms with van der Waals surface area (Å²) in [4.78, 5) is 24.4. The largest absolute Gasteiger partial charge is 0.480 e. The minimum Gasteiger partial charge on any atom is -0.480 e. The van der Waals surface area contributed by atoms with Gasteiger partial charge in [0.25, 0.3) is 0 Å². The van der Waals surface area contributed by atoms with E-state index in [4.69, 9.17) is 5.11 Å². The van der Waals surface area contributed by atoms with Gasteiger partial charge in [0.2, 0.25) is 5.91 Å². The number of hydrogen-bond donors (Lipinski definition) is 1. The molecular formula is C14H14BrNO3. The third kappa shape index (κ3) is 3.44. The van der Waals surface area contributed by atoms with Crippen molar-refractivity contribution in [3.8, 4) is 0 Å². The first-order valence-corrected chi connectivity index (χ1v) is 6.84. The number of benzene rings is 1. The monoisotopic (exact) mass is 323 g/mol. The van der Waals surface area contributed by atoms with Crippen LogP contribution in [-0.4, -0.2) is 34.5 Å². The molecule has 1 aliphatic rings. The van der Waals surface area contributed by atoms with Gasteiger partial charge in [0.05, 0.1) is 0 Å². The summed E-state index contributed by atoms with van der Waals surface area (Å²) in [5.41, 5.74) is 0.905. The fourth-order valence-electron chi connectivity index (χ4n) is 2.12. The van der Waals surface area contributed by atoms with E-state index in [1.807, 2.05) is 24.3 Å². The molecule has 4 nitrogen and oxygen atoms in total. The van der Waals surface area contributed by atoms with Crippen LogP contribution >= 0.6 is 15.9 Å². The van der Waals surface area contributed by atoms with Gasteiger partial charge in [0.1, 0.15) is 6.04 Å². The third-order valence-electron chi connectivity index (χ3n) is 3.11. The molecular weight excluding hydrogens is 310 g/mol. The Balaban J connectivity index is 2.04. The van der Waals surface area contributed by atoms with Crippen LogP contribution in [0.1, 0.15) is 18.4 Å². The van der Waals surface area contributed by atoms with Gasteiger partial charge in [-0.2, -0.15) is 0 Å². The topological polar surface area (TPSA) is 57.6 Å². The van der Waals surface area contributed by atoms with Gasteiger partial charge in [-0.3, -0.25) is 4.79 Å². The SMILES string of the molecule is O=C(O)[C@H]1CCCN1C(=O)/C=C\c1ccc(Br)cc1. The van der Waals surface area contributed by atoms with E-state index in [2.05, 4.69) is 15.9 Å². The maximum absolute atomic E-state index is 12.0. The van der Waals surface area contributed by atoms with E-state index in [-0.39, 0.29) is 5.91 Å². The van der Waals surface area contributed by atoms with Crippen molar-refractivity contribution in [2.45, 2.75) is 18.9 Å². The number of amides is 1. The highest BCUT2D eigenvalue weighted by atomic mass is 79.9. The van der Waals surface area contributed by atoms with E-state index in [1.165, 1.54) is 11.0 Å². The molecule has 0 aromatic heterocycles. The number of aliphatic carboxylic acids is 1. The molecule has 1 N–H and O–H groups in total. The summed E-state index contributed by atoms with van der Waals surface area (Å²) in [5.74, 6) is -1.17. The standard InChI is InChI=1S/C14H14BrNO3/c15-11-6-3-10(4-7-11)5-8-13(17)16-9-1-2-12(16)14(18)19/h3-8,12H,1-2,9H2,(H,18,19)/b8-5-/t12-/m1/s1. The van der Waals surface area contributed by atoms with Gasteiger partial charge in [0, 0.05) is 17.1 Å². The molecule has 5 heteroatoms. The van der Waals surface area contributed by atoms with Crippen molar-refractivity contribution in [3.63, 3.8) is 0 Å². The summed E-state index contributed by atoms with van der Waals surface area (Å²) in [6.07, 6.45) is 4.42. The Kier molecular flexibility index (Phi) is 4.37. The molecule has 1 fully saturated rings. The first-order chi connectivity index (χ1) is 9.08. The molecule has 0 spiro atoms. The van der Waals surface area contributed by atoms with Crippen molar-refractivity contribution in [3.05, 3.63) is 40.4 Å². The Morgan fingerprint density at radius 3 is 2.63 bits per heavy atom. The highest BCUT2D eigenvalue weighted by Gasteiger charge is 2.32. The van der Waals surface area contributed by atoms with Gasteiger partial charge in [-0.15, -0.1) is 0 Å². The van der Waals surface area contributed by atoms with Crippen LogP contribution in [0.4, 0.5) is 0 Å². The van der Waals surface area contributed by atoms with Gasteiger partial charge in [-0.05, 0) is 36.6 Å². The Morgan fingerprint density at radius 1 is 1.32 bits per heavy atom. The van der Waals surface area contributed by atoms with Crippen LogP contribution in [0.5, 0.6) is 0 Å². The van der Waals surface area contributed by atoms with Crippen molar-refractivity contribution in [1.82, 2.24) is 4.90 Å². The Bertz CT molecular complexity index is 510. The lowest BCUT2D eigenvalue weighted by atomic mass is 10.2. The molecule has 1 aliphatic heterocycles.